The minimum Gasteiger partial charge on any atom is -0.383 e. The smallest absolute Gasteiger partial charge is 0.131 e. The van der Waals surface area contributed by atoms with Gasteiger partial charge in [-0.15, -0.1) is 0 Å². The second-order valence-electron chi connectivity index (χ2n) is 13.8. The van der Waals surface area contributed by atoms with E-state index in [-0.39, 0.29) is 0 Å². The van der Waals surface area contributed by atoms with Crippen molar-refractivity contribution in [2.75, 3.05) is 0 Å². The number of amidine groups is 1. The lowest BCUT2D eigenvalue weighted by molar-refractivity contribution is 0.984. The Morgan fingerprint density at radius 1 is 0.611 bits per heavy atom. The molecule has 0 spiro atoms. The second kappa shape index (κ2) is 14.7. The van der Waals surface area contributed by atoms with Crippen LogP contribution >= 0.6 is 0 Å². The van der Waals surface area contributed by atoms with E-state index in [1.54, 1.807) is 0 Å². The largest absolute Gasteiger partial charge is 0.383 e. The molecule has 0 unspecified atom stereocenters. The van der Waals surface area contributed by atoms with E-state index in [0.29, 0.717) is 12.3 Å². The maximum Gasteiger partial charge on any atom is 0.131 e. The highest BCUT2D eigenvalue weighted by atomic mass is 14.9. The number of aliphatic imine (C=N–C) groups is 1. The molecule has 2 N–H and O–H groups in total. The summed E-state index contributed by atoms with van der Waals surface area (Å²) in [6, 6.07) is 56.0. The summed E-state index contributed by atoms with van der Waals surface area (Å²) in [7, 11) is 0. The Hall–Kier alpha value is -6.84. The van der Waals surface area contributed by atoms with E-state index in [2.05, 4.69) is 175 Å². The van der Waals surface area contributed by atoms with Gasteiger partial charge in [-0.3, -0.25) is 4.98 Å². The highest BCUT2D eigenvalue weighted by molar-refractivity contribution is 6.21. The standard InChI is InChI=1S/C51H39N3/c52-51(54-48(39-28-27-35-14-4-5-18-38(35)32-39)30-29-36-15-6-7-22-43(36)42-21-13-31-53-34-42)41-20-12-19-40(33-41)50-46-25-10-8-23-44(46)49(37-16-2-1-3-17-37)45-24-9-11-26-47(45)50/h1-4,6-17,19-28,30-34H,5,18,29H2,(H2,52,54)/b48-30-. The molecule has 0 saturated carbocycles. The predicted molar refractivity (Wildman–Crippen MR) is 228 cm³/mol. The molecule has 9 rings (SSSR count). The minimum absolute atomic E-state index is 0.482. The number of nitrogens with zero attached hydrogens (tertiary/aromatic N) is 2. The Kier molecular flexibility index (Phi) is 8.96. The predicted octanol–water partition coefficient (Wildman–Crippen LogP) is 12.3. The molecule has 258 valence electrons. The van der Waals surface area contributed by atoms with Crippen molar-refractivity contribution in [3.63, 3.8) is 0 Å². The van der Waals surface area contributed by atoms with Crippen molar-refractivity contribution < 1.29 is 0 Å². The molecule has 0 aliphatic heterocycles. The van der Waals surface area contributed by atoms with Crippen LogP contribution in [0, 0.1) is 0 Å². The van der Waals surface area contributed by atoms with Crippen LogP contribution in [0.1, 0.15) is 34.2 Å². The average Bonchev–Trinajstić information content (AvgIpc) is 3.24. The quantitative estimate of drug-likeness (QED) is 0.0978. The molecule has 1 aliphatic carbocycles. The van der Waals surface area contributed by atoms with Gasteiger partial charge in [0.25, 0.3) is 0 Å². The monoisotopic (exact) mass is 693 g/mol. The summed E-state index contributed by atoms with van der Waals surface area (Å²) < 4.78 is 0. The summed E-state index contributed by atoms with van der Waals surface area (Å²) in [4.78, 5) is 9.60. The van der Waals surface area contributed by atoms with Crippen molar-refractivity contribution in [1.82, 2.24) is 4.98 Å². The summed E-state index contributed by atoms with van der Waals surface area (Å²) in [6.07, 6.45) is 13.2. The Morgan fingerprint density at radius 3 is 2.02 bits per heavy atom. The van der Waals surface area contributed by atoms with Crippen LogP contribution in [0.4, 0.5) is 0 Å². The van der Waals surface area contributed by atoms with E-state index in [1.165, 1.54) is 60.5 Å². The molecule has 1 heterocycles. The Labute approximate surface area is 316 Å². The zero-order chi connectivity index (χ0) is 36.3. The average molecular weight is 694 g/mol. The molecule has 1 aromatic heterocycles. The van der Waals surface area contributed by atoms with Crippen molar-refractivity contribution in [3.05, 3.63) is 210 Å². The molecule has 0 saturated heterocycles. The molecule has 1 aliphatic rings. The van der Waals surface area contributed by atoms with Crippen LogP contribution in [-0.4, -0.2) is 10.8 Å². The Morgan fingerprint density at radius 2 is 1.28 bits per heavy atom. The summed E-state index contributed by atoms with van der Waals surface area (Å²) in [6.45, 7) is 0. The fraction of sp³-hybridized carbons (Fsp3) is 0.0588. The van der Waals surface area contributed by atoms with Crippen molar-refractivity contribution in [1.29, 1.82) is 0 Å². The van der Waals surface area contributed by atoms with Gasteiger partial charge in [0.05, 0.1) is 5.70 Å². The van der Waals surface area contributed by atoms with Crippen molar-refractivity contribution in [3.8, 4) is 33.4 Å². The lowest BCUT2D eigenvalue weighted by Crippen LogP contribution is -2.13. The molecule has 0 fully saturated rings. The van der Waals surface area contributed by atoms with E-state index in [9.17, 15) is 0 Å². The third kappa shape index (κ3) is 6.42. The Balaban J connectivity index is 1.16. The third-order valence-electron chi connectivity index (χ3n) is 10.5. The first-order chi connectivity index (χ1) is 26.7. The maximum absolute atomic E-state index is 7.02. The van der Waals surface area contributed by atoms with Gasteiger partial charge in [-0.2, -0.15) is 0 Å². The third-order valence-corrected chi connectivity index (χ3v) is 10.5. The lowest BCUT2D eigenvalue weighted by atomic mass is 9.85. The molecule has 7 aromatic carbocycles. The van der Waals surface area contributed by atoms with E-state index in [0.717, 1.165) is 40.8 Å². The molecule has 3 nitrogen and oxygen atoms in total. The fourth-order valence-electron chi connectivity index (χ4n) is 7.91. The van der Waals surface area contributed by atoms with Gasteiger partial charge in [-0.1, -0.05) is 158 Å². The number of aromatic nitrogens is 1. The summed E-state index contributed by atoms with van der Waals surface area (Å²) in [5.41, 5.74) is 20.7. The first-order valence-corrected chi connectivity index (χ1v) is 18.6. The first-order valence-electron chi connectivity index (χ1n) is 18.6. The van der Waals surface area contributed by atoms with Gasteiger partial charge in [0.1, 0.15) is 5.84 Å². The van der Waals surface area contributed by atoms with E-state index in [1.807, 2.05) is 18.5 Å². The molecular formula is C51H39N3. The first kappa shape index (κ1) is 33.0. The maximum atomic E-state index is 7.02. The van der Waals surface area contributed by atoms with Crippen molar-refractivity contribution in [2.45, 2.75) is 19.3 Å². The van der Waals surface area contributed by atoms with Crippen LogP contribution in [0.25, 0.3) is 66.7 Å². The van der Waals surface area contributed by atoms with E-state index in [4.69, 9.17) is 10.7 Å². The van der Waals surface area contributed by atoms with E-state index >= 15 is 0 Å². The molecule has 8 aromatic rings. The van der Waals surface area contributed by atoms with Crippen LogP contribution in [0.15, 0.2) is 187 Å². The molecule has 0 atom stereocenters. The number of benzene rings is 7. The van der Waals surface area contributed by atoms with Gasteiger partial charge in [0.15, 0.2) is 0 Å². The number of pyridine rings is 1. The van der Waals surface area contributed by atoms with Crippen LogP contribution in [0.3, 0.4) is 0 Å². The van der Waals surface area contributed by atoms with Crippen molar-refractivity contribution in [2.24, 2.45) is 10.7 Å². The van der Waals surface area contributed by atoms with Gasteiger partial charge >= 0.3 is 0 Å². The Bertz CT molecular complexity index is 2680. The number of fused-ring (bicyclic) bond motifs is 3. The number of hydrogen-bond acceptors (Lipinski definition) is 2. The lowest BCUT2D eigenvalue weighted by Gasteiger charge is -2.18. The molecule has 3 heteroatoms. The molecule has 0 bridgehead atoms. The number of allylic oxidation sites excluding steroid dienone is 2. The number of rotatable bonds is 8. The zero-order valence-corrected chi connectivity index (χ0v) is 30.0. The summed E-state index contributed by atoms with van der Waals surface area (Å²) in [5.74, 6) is 0.482. The number of nitrogens with two attached hydrogens (primary N) is 1. The normalized spacial score (nSPS) is 13.0. The van der Waals surface area contributed by atoms with Crippen LogP contribution in [0.2, 0.25) is 0 Å². The summed E-state index contributed by atoms with van der Waals surface area (Å²) >= 11 is 0. The molecule has 0 radical (unpaired) electrons. The fourth-order valence-corrected chi connectivity index (χ4v) is 7.91. The zero-order valence-electron chi connectivity index (χ0n) is 30.0. The van der Waals surface area contributed by atoms with Crippen LogP contribution in [0.5, 0.6) is 0 Å². The van der Waals surface area contributed by atoms with Gasteiger partial charge < -0.3 is 5.73 Å². The van der Waals surface area contributed by atoms with Crippen molar-refractivity contribution >= 4 is 39.2 Å². The SMILES string of the molecule is NC(=N/C(=C\Cc1ccccc1-c1cccnc1)c1ccc2c(c1)CCC=C2)c1cccc(-c2c3ccccc3c(-c3ccccc3)c3ccccc23)c1. The number of hydrogen-bond donors (Lipinski definition) is 1. The summed E-state index contributed by atoms with van der Waals surface area (Å²) in [5, 5.41) is 4.87. The second-order valence-corrected chi connectivity index (χ2v) is 13.8. The number of aryl methyl sites for hydroxylation is 1. The van der Waals surface area contributed by atoms with Gasteiger partial charge in [0, 0.05) is 29.1 Å². The topological polar surface area (TPSA) is 51.3 Å². The van der Waals surface area contributed by atoms with Gasteiger partial charge in [0.2, 0.25) is 0 Å². The van der Waals surface area contributed by atoms with E-state index < -0.39 is 0 Å². The van der Waals surface area contributed by atoms with Crippen LogP contribution < -0.4 is 5.73 Å². The van der Waals surface area contributed by atoms with Gasteiger partial charge in [-0.05, 0) is 104 Å². The molecule has 0 amide bonds. The highest BCUT2D eigenvalue weighted by Gasteiger charge is 2.17. The van der Waals surface area contributed by atoms with Crippen LogP contribution in [-0.2, 0) is 12.8 Å². The molecular weight excluding hydrogens is 655 g/mol. The highest BCUT2D eigenvalue weighted by Crippen LogP contribution is 2.43. The van der Waals surface area contributed by atoms with Gasteiger partial charge in [-0.25, -0.2) is 4.99 Å². The molecule has 54 heavy (non-hydrogen) atoms. The minimum atomic E-state index is 0.482.